The summed E-state index contributed by atoms with van der Waals surface area (Å²) >= 11 is 0. The predicted octanol–water partition coefficient (Wildman–Crippen LogP) is 2.58. The van der Waals surface area contributed by atoms with Gasteiger partial charge in [0.05, 0.1) is 6.61 Å². The van der Waals surface area contributed by atoms with E-state index in [1.54, 1.807) is 0 Å². The van der Waals surface area contributed by atoms with Crippen LogP contribution in [0.15, 0.2) is 18.2 Å². The summed E-state index contributed by atoms with van der Waals surface area (Å²) < 4.78 is 5.56. The van der Waals surface area contributed by atoms with Crippen molar-refractivity contribution in [3.8, 4) is 5.75 Å². The van der Waals surface area contributed by atoms with Gasteiger partial charge in [0.15, 0.2) is 0 Å². The van der Waals surface area contributed by atoms with Crippen molar-refractivity contribution in [3.63, 3.8) is 0 Å². The quantitative estimate of drug-likeness (QED) is 0.908. The number of hydrogen-bond donors (Lipinski definition) is 1. The monoisotopic (exact) mass is 260 g/mol. The summed E-state index contributed by atoms with van der Waals surface area (Å²) in [6.07, 6.45) is 5.99. The third-order valence-corrected chi connectivity index (χ3v) is 4.54. The average molecular weight is 260 g/mol. The molecule has 0 atom stereocenters. The number of benzene rings is 1. The van der Waals surface area contributed by atoms with Gasteiger partial charge in [-0.25, -0.2) is 0 Å². The van der Waals surface area contributed by atoms with E-state index >= 15 is 0 Å². The van der Waals surface area contributed by atoms with Gasteiger partial charge in [0.25, 0.3) is 0 Å². The number of nitrogens with zero attached hydrogens (tertiary/aromatic N) is 1. The van der Waals surface area contributed by atoms with Crippen molar-refractivity contribution >= 4 is 5.69 Å². The zero-order valence-electron chi connectivity index (χ0n) is 11.8. The Morgan fingerprint density at radius 2 is 2.05 bits per heavy atom. The number of hydrogen-bond acceptors (Lipinski definition) is 3. The van der Waals surface area contributed by atoms with Crippen molar-refractivity contribution in [2.24, 2.45) is 11.7 Å². The zero-order valence-corrected chi connectivity index (χ0v) is 11.8. The van der Waals surface area contributed by atoms with Crippen molar-refractivity contribution in [1.82, 2.24) is 0 Å². The first-order valence-corrected chi connectivity index (χ1v) is 7.45. The average Bonchev–Trinajstić information content (AvgIpc) is 2.88. The maximum Gasteiger partial charge on any atom is 0.122 e. The maximum absolute atomic E-state index is 5.97. The second kappa shape index (κ2) is 5.41. The standard InChI is InChI=1S/C16H24N2O/c1-18(11-12-2-4-14(17)5-3-12)15-6-7-16-13(10-15)8-9-19-16/h6-7,10,12,14H,2-5,8-9,11,17H2,1H3. The van der Waals surface area contributed by atoms with Gasteiger partial charge in [-0.1, -0.05) is 0 Å². The van der Waals surface area contributed by atoms with Crippen LogP contribution < -0.4 is 15.4 Å². The van der Waals surface area contributed by atoms with Crippen molar-refractivity contribution in [1.29, 1.82) is 0 Å². The molecule has 1 saturated carbocycles. The van der Waals surface area contributed by atoms with Crippen LogP contribution in [0.4, 0.5) is 5.69 Å². The molecule has 0 amide bonds. The van der Waals surface area contributed by atoms with Gasteiger partial charge in [-0.15, -0.1) is 0 Å². The molecule has 0 saturated heterocycles. The van der Waals surface area contributed by atoms with E-state index in [1.165, 1.54) is 36.9 Å². The van der Waals surface area contributed by atoms with E-state index in [4.69, 9.17) is 10.5 Å². The van der Waals surface area contributed by atoms with Gasteiger partial charge in [-0.3, -0.25) is 0 Å². The predicted molar refractivity (Wildman–Crippen MR) is 78.8 cm³/mol. The van der Waals surface area contributed by atoms with Crippen LogP contribution >= 0.6 is 0 Å². The summed E-state index contributed by atoms with van der Waals surface area (Å²) in [6.45, 7) is 1.98. The van der Waals surface area contributed by atoms with Gasteiger partial charge in [0, 0.05) is 31.7 Å². The topological polar surface area (TPSA) is 38.5 Å². The van der Waals surface area contributed by atoms with Gasteiger partial charge in [0.2, 0.25) is 0 Å². The Bertz CT molecular complexity index is 438. The van der Waals surface area contributed by atoms with E-state index < -0.39 is 0 Å². The molecule has 0 spiro atoms. The first-order chi connectivity index (χ1) is 9.22. The highest BCUT2D eigenvalue weighted by Gasteiger charge is 2.20. The number of nitrogens with two attached hydrogens (primary N) is 1. The molecule has 2 aliphatic rings. The summed E-state index contributed by atoms with van der Waals surface area (Å²) in [5.74, 6) is 1.87. The Morgan fingerprint density at radius 1 is 1.26 bits per heavy atom. The highest BCUT2D eigenvalue weighted by atomic mass is 16.5. The molecule has 0 radical (unpaired) electrons. The summed E-state index contributed by atoms with van der Waals surface area (Å²) in [5.41, 5.74) is 8.65. The van der Waals surface area contributed by atoms with Crippen LogP contribution in [-0.4, -0.2) is 26.2 Å². The van der Waals surface area contributed by atoms with Crippen molar-refractivity contribution < 1.29 is 4.74 Å². The smallest absolute Gasteiger partial charge is 0.122 e. The van der Waals surface area contributed by atoms with Crippen LogP contribution in [0.2, 0.25) is 0 Å². The van der Waals surface area contributed by atoms with Crippen molar-refractivity contribution in [2.75, 3.05) is 25.1 Å². The molecule has 1 aromatic rings. The molecule has 1 aliphatic carbocycles. The van der Waals surface area contributed by atoms with E-state index in [2.05, 4.69) is 30.1 Å². The normalized spacial score (nSPS) is 25.8. The van der Waals surface area contributed by atoms with Crippen LogP contribution in [0.1, 0.15) is 31.2 Å². The minimum absolute atomic E-state index is 0.443. The number of anilines is 1. The Labute approximate surface area is 115 Å². The first kappa shape index (κ1) is 12.8. The van der Waals surface area contributed by atoms with E-state index in [0.717, 1.165) is 31.2 Å². The maximum atomic E-state index is 5.97. The lowest BCUT2D eigenvalue weighted by Gasteiger charge is -2.30. The molecule has 0 unspecified atom stereocenters. The molecule has 1 fully saturated rings. The molecule has 3 nitrogen and oxygen atoms in total. The van der Waals surface area contributed by atoms with E-state index in [9.17, 15) is 0 Å². The summed E-state index contributed by atoms with van der Waals surface area (Å²) in [5, 5.41) is 0. The highest BCUT2D eigenvalue weighted by molar-refractivity contribution is 5.53. The number of fused-ring (bicyclic) bond motifs is 1. The molecule has 0 aromatic heterocycles. The largest absolute Gasteiger partial charge is 0.493 e. The highest BCUT2D eigenvalue weighted by Crippen LogP contribution is 2.30. The summed E-state index contributed by atoms with van der Waals surface area (Å²) in [6, 6.07) is 7.03. The van der Waals surface area contributed by atoms with Gasteiger partial charge in [0.1, 0.15) is 5.75 Å². The number of rotatable bonds is 3. The first-order valence-electron chi connectivity index (χ1n) is 7.45. The second-order valence-corrected chi connectivity index (χ2v) is 6.05. The lowest BCUT2D eigenvalue weighted by atomic mass is 9.86. The molecule has 3 rings (SSSR count). The zero-order chi connectivity index (χ0) is 13.2. The molecule has 1 heterocycles. The Kier molecular flexibility index (Phi) is 3.65. The number of ether oxygens (including phenoxy) is 1. The fourth-order valence-electron chi connectivity index (χ4n) is 3.27. The van der Waals surface area contributed by atoms with Crippen LogP contribution in [0.5, 0.6) is 5.75 Å². The Morgan fingerprint density at radius 3 is 2.84 bits per heavy atom. The molecule has 19 heavy (non-hydrogen) atoms. The van der Waals surface area contributed by atoms with Crippen LogP contribution in [0.25, 0.3) is 0 Å². The van der Waals surface area contributed by atoms with E-state index in [0.29, 0.717) is 6.04 Å². The van der Waals surface area contributed by atoms with Crippen molar-refractivity contribution in [3.05, 3.63) is 23.8 Å². The van der Waals surface area contributed by atoms with E-state index in [-0.39, 0.29) is 0 Å². The van der Waals surface area contributed by atoms with Crippen molar-refractivity contribution in [2.45, 2.75) is 38.1 Å². The van der Waals surface area contributed by atoms with Crippen LogP contribution in [0, 0.1) is 5.92 Å². The summed E-state index contributed by atoms with van der Waals surface area (Å²) in [4.78, 5) is 2.39. The minimum Gasteiger partial charge on any atom is -0.493 e. The Hall–Kier alpha value is -1.22. The molecule has 1 aromatic carbocycles. The van der Waals surface area contributed by atoms with Crippen LogP contribution in [0.3, 0.4) is 0 Å². The van der Waals surface area contributed by atoms with Gasteiger partial charge >= 0.3 is 0 Å². The molecule has 1 aliphatic heterocycles. The fraction of sp³-hybridized carbons (Fsp3) is 0.625. The summed E-state index contributed by atoms with van der Waals surface area (Å²) in [7, 11) is 2.20. The van der Waals surface area contributed by atoms with Gasteiger partial charge in [-0.2, -0.15) is 0 Å². The van der Waals surface area contributed by atoms with Gasteiger partial charge in [-0.05, 0) is 55.4 Å². The lowest BCUT2D eigenvalue weighted by Crippen LogP contribution is -2.32. The molecule has 104 valence electrons. The Balaban J connectivity index is 1.62. The fourth-order valence-corrected chi connectivity index (χ4v) is 3.27. The molecule has 3 heteroatoms. The van der Waals surface area contributed by atoms with Gasteiger partial charge < -0.3 is 15.4 Å². The van der Waals surface area contributed by atoms with E-state index in [1.807, 2.05) is 0 Å². The third-order valence-electron chi connectivity index (χ3n) is 4.54. The lowest BCUT2D eigenvalue weighted by molar-refractivity contribution is 0.330. The second-order valence-electron chi connectivity index (χ2n) is 6.05. The molecular formula is C16H24N2O. The molecular weight excluding hydrogens is 236 g/mol. The molecule has 2 N–H and O–H groups in total. The third kappa shape index (κ3) is 2.86. The SMILES string of the molecule is CN(CC1CCC(N)CC1)c1ccc2c(c1)CCO2. The minimum atomic E-state index is 0.443. The van der Waals surface area contributed by atoms with Crippen LogP contribution in [-0.2, 0) is 6.42 Å². The molecule has 0 bridgehead atoms.